The van der Waals surface area contributed by atoms with Gasteiger partial charge >= 0.3 is 0 Å². The Morgan fingerprint density at radius 2 is 2.35 bits per heavy atom. The molecular weight excluding hydrogens is 272 g/mol. The lowest BCUT2D eigenvalue weighted by molar-refractivity contribution is -0.132. The monoisotopic (exact) mass is 294 g/mol. The number of nitrogens with zero attached hydrogens (tertiary/aromatic N) is 1. The zero-order chi connectivity index (χ0) is 14.5. The van der Waals surface area contributed by atoms with Crippen LogP contribution in [0.5, 0.6) is 5.75 Å². The highest BCUT2D eigenvalue weighted by Crippen LogP contribution is 2.21. The van der Waals surface area contributed by atoms with Gasteiger partial charge in [0.25, 0.3) is 0 Å². The molecule has 0 saturated carbocycles. The number of rotatable bonds is 4. The maximum absolute atomic E-state index is 12.4. The predicted molar refractivity (Wildman–Crippen MR) is 83.3 cm³/mol. The zero-order valence-corrected chi connectivity index (χ0v) is 13.1. The Kier molecular flexibility index (Phi) is 5.31. The molecule has 1 N–H and O–H groups in total. The molecule has 0 radical (unpaired) electrons. The minimum Gasteiger partial charge on any atom is -0.496 e. The Morgan fingerprint density at radius 3 is 3.00 bits per heavy atom. The highest BCUT2D eigenvalue weighted by atomic mass is 32.2. The van der Waals surface area contributed by atoms with Crippen LogP contribution in [0.1, 0.15) is 11.1 Å². The summed E-state index contributed by atoms with van der Waals surface area (Å²) in [7, 11) is 3.51. The van der Waals surface area contributed by atoms with Crippen LogP contribution in [-0.4, -0.2) is 49.1 Å². The molecule has 110 valence electrons. The predicted octanol–water partition coefficient (Wildman–Crippen LogP) is 1.67. The summed E-state index contributed by atoms with van der Waals surface area (Å²) >= 11 is 1.83. The van der Waals surface area contributed by atoms with Crippen LogP contribution >= 0.6 is 11.8 Å². The average Bonchev–Trinajstić information content (AvgIpc) is 2.47. The SMILES string of the molecule is COc1ccc(C)cc1CN(C)C(=O)C1CSCCN1. The lowest BCUT2D eigenvalue weighted by Crippen LogP contribution is -2.49. The first-order valence-electron chi connectivity index (χ1n) is 6.81. The van der Waals surface area contributed by atoms with Crippen molar-refractivity contribution in [3.63, 3.8) is 0 Å². The summed E-state index contributed by atoms with van der Waals surface area (Å²) in [5, 5.41) is 3.28. The van der Waals surface area contributed by atoms with Gasteiger partial charge in [0, 0.05) is 37.2 Å². The van der Waals surface area contributed by atoms with Crippen LogP contribution in [-0.2, 0) is 11.3 Å². The molecule has 5 heteroatoms. The summed E-state index contributed by atoms with van der Waals surface area (Å²) in [6.45, 7) is 3.53. The van der Waals surface area contributed by atoms with Gasteiger partial charge in [-0.05, 0) is 13.0 Å². The van der Waals surface area contributed by atoms with Gasteiger partial charge in [-0.2, -0.15) is 11.8 Å². The fraction of sp³-hybridized carbons (Fsp3) is 0.533. The molecule has 1 saturated heterocycles. The number of hydrogen-bond acceptors (Lipinski definition) is 4. The molecule has 1 aromatic carbocycles. The Balaban J connectivity index is 2.04. The number of hydrogen-bond donors (Lipinski definition) is 1. The van der Waals surface area contributed by atoms with E-state index in [1.807, 2.05) is 37.9 Å². The molecule has 0 aliphatic carbocycles. The summed E-state index contributed by atoms with van der Waals surface area (Å²) in [5.74, 6) is 2.93. The molecule has 2 rings (SSSR count). The van der Waals surface area contributed by atoms with E-state index >= 15 is 0 Å². The van der Waals surface area contributed by atoms with E-state index in [0.29, 0.717) is 6.54 Å². The van der Waals surface area contributed by atoms with E-state index in [0.717, 1.165) is 29.4 Å². The smallest absolute Gasteiger partial charge is 0.240 e. The van der Waals surface area contributed by atoms with Crippen molar-refractivity contribution in [3.05, 3.63) is 29.3 Å². The molecule has 1 heterocycles. The molecule has 1 aromatic rings. The number of nitrogens with one attached hydrogen (secondary N) is 1. The van der Waals surface area contributed by atoms with E-state index in [1.54, 1.807) is 12.0 Å². The van der Waals surface area contributed by atoms with E-state index in [-0.39, 0.29) is 11.9 Å². The van der Waals surface area contributed by atoms with Gasteiger partial charge in [0.2, 0.25) is 5.91 Å². The van der Waals surface area contributed by atoms with Crippen LogP contribution in [0.4, 0.5) is 0 Å². The largest absolute Gasteiger partial charge is 0.496 e. The number of likely N-dealkylation sites (N-methyl/N-ethyl adjacent to an activating group) is 1. The number of amides is 1. The van der Waals surface area contributed by atoms with Crippen LogP contribution in [0.25, 0.3) is 0 Å². The Labute approximate surface area is 124 Å². The van der Waals surface area contributed by atoms with E-state index in [4.69, 9.17) is 4.74 Å². The molecule has 0 aromatic heterocycles. The number of carbonyl (C=O) groups is 1. The third-order valence-electron chi connectivity index (χ3n) is 3.44. The maximum Gasteiger partial charge on any atom is 0.240 e. The number of carbonyl (C=O) groups excluding carboxylic acids is 1. The summed E-state index contributed by atoms with van der Waals surface area (Å²) in [6.07, 6.45) is 0. The Morgan fingerprint density at radius 1 is 1.55 bits per heavy atom. The van der Waals surface area contributed by atoms with Gasteiger partial charge in [0.1, 0.15) is 5.75 Å². The molecule has 1 aliphatic heterocycles. The zero-order valence-electron chi connectivity index (χ0n) is 12.3. The van der Waals surface area contributed by atoms with Gasteiger partial charge in [-0.15, -0.1) is 0 Å². The summed E-state index contributed by atoms with van der Waals surface area (Å²) in [4.78, 5) is 14.2. The average molecular weight is 294 g/mol. The molecule has 4 nitrogen and oxygen atoms in total. The van der Waals surface area contributed by atoms with Crippen molar-refractivity contribution in [2.24, 2.45) is 0 Å². The lowest BCUT2D eigenvalue weighted by Gasteiger charge is -2.27. The first kappa shape index (κ1) is 15.2. The van der Waals surface area contributed by atoms with Crippen molar-refractivity contribution in [2.45, 2.75) is 19.5 Å². The fourth-order valence-electron chi connectivity index (χ4n) is 2.35. The van der Waals surface area contributed by atoms with Crippen molar-refractivity contribution in [1.29, 1.82) is 0 Å². The Hall–Kier alpha value is -1.20. The normalized spacial score (nSPS) is 18.6. The second-order valence-corrected chi connectivity index (χ2v) is 6.24. The van der Waals surface area contributed by atoms with Gasteiger partial charge in [-0.25, -0.2) is 0 Å². The number of methoxy groups -OCH3 is 1. The van der Waals surface area contributed by atoms with Gasteiger partial charge < -0.3 is 15.0 Å². The standard InChI is InChI=1S/C15H22N2O2S/c1-11-4-5-14(19-3)12(8-11)9-17(2)15(18)13-10-20-7-6-16-13/h4-5,8,13,16H,6-7,9-10H2,1-3H3. The first-order valence-corrected chi connectivity index (χ1v) is 7.97. The molecule has 1 atom stereocenters. The Bertz CT molecular complexity index is 473. The lowest BCUT2D eigenvalue weighted by atomic mass is 10.1. The number of benzene rings is 1. The van der Waals surface area contributed by atoms with E-state index < -0.39 is 0 Å². The number of aryl methyl sites for hydroxylation is 1. The second-order valence-electron chi connectivity index (χ2n) is 5.09. The number of thioether (sulfide) groups is 1. The molecule has 1 amide bonds. The van der Waals surface area contributed by atoms with E-state index in [1.165, 1.54) is 5.56 Å². The van der Waals surface area contributed by atoms with Crippen LogP contribution in [0.3, 0.4) is 0 Å². The summed E-state index contributed by atoms with van der Waals surface area (Å²) in [6, 6.07) is 5.99. The van der Waals surface area contributed by atoms with Gasteiger partial charge in [0.15, 0.2) is 0 Å². The highest BCUT2D eigenvalue weighted by Gasteiger charge is 2.24. The van der Waals surface area contributed by atoms with Gasteiger partial charge in [-0.3, -0.25) is 4.79 Å². The first-order chi connectivity index (χ1) is 9.61. The van der Waals surface area contributed by atoms with Crippen molar-refractivity contribution in [1.82, 2.24) is 10.2 Å². The summed E-state index contributed by atoms with van der Waals surface area (Å²) in [5.41, 5.74) is 2.22. The quantitative estimate of drug-likeness (QED) is 0.917. The third-order valence-corrected chi connectivity index (χ3v) is 4.50. The van der Waals surface area contributed by atoms with Crippen LogP contribution < -0.4 is 10.1 Å². The minimum atomic E-state index is -0.0606. The van der Waals surface area contributed by atoms with E-state index in [9.17, 15) is 4.79 Å². The van der Waals surface area contributed by atoms with Crippen molar-refractivity contribution < 1.29 is 9.53 Å². The maximum atomic E-state index is 12.4. The fourth-order valence-corrected chi connectivity index (χ4v) is 3.28. The second kappa shape index (κ2) is 6.99. The third kappa shape index (κ3) is 3.67. The molecule has 0 bridgehead atoms. The van der Waals surface area contributed by atoms with Crippen molar-refractivity contribution in [2.75, 3.05) is 32.2 Å². The van der Waals surface area contributed by atoms with Crippen LogP contribution in [0.2, 0.25) is 0 Å². The van der Waals surface area contributed by atoms with E-state index in [2.05, 4.69) is 11.4 Å². The van der Waals surface area contributed by atoms with Crippen LogP contribution in [0.15, 0.2) is 18.2 Å². The topological polar surface area (TPSA) is 41.6 Å². The summed E-state index contributed by atoms with van der Waals surface area (Å²) < 4.78 is 5.37. The van der Waals surface area contributed by atoms with Crippen LogP contribution in [0, 0.1) is 6.92 Å². The minimum absolute atomic E-state index is 0.0606. The molecule has 1 fully saturated rings. The van der Waals surface area contributed by atoms with Gasteiger partial charge in [-0.1, -0.05) is 17.7 Å². The molecule has 1 unspecified atom stereocenters. The van der Waals surface area contributed by atoms with Gasteiger partial charge in [0.05, 0.1) is 13.2 Å². The highest BCUT2D eigenvalue weighted by molar-refractivity contribution is 7.99. The molecule has 0 spiro atoms. The van der Waals surface area contributed by atoms with Crippen molar-refractivity contribution >= 4 is 17.7 Å². The molecule has 20 heavy (non-hydrogen) atoms. The van der Waals surface area contributed by atoms with Crippen molar-refractivity contribution in [3.8, 4) is 5.75 Å². The molecular formula is C15H22N2O2S. The molecule has 1 aliphatic rings. The number of ether oxygens (including phenoxy) is 1.